The average molecular weight is 335 g/mol. The van der Waals surface area contributed by atoms with Gasteiger partial charge in [-0.1, -0.05) is 31.2 Å². The quantitative estimate of drug-likeness (QED) is 0.350. The highest BCUT2D eigenvalue weighted by molar-refractivity contribution is 5.79. The SMILES string of the molecule is CCCOCc1ccccc1CNC(=NC)NCCCCOCC. The lowest BCUT2D eigenvalue weighted by Gasteiger charge is -2.14. The molecular weight excluding hydrogens is 302 g/mol. The van der Waals surface area contributed by atoms with E-state index in [0.29, 0.717) is 6.61 Å². The summed E-state index contributed by atoms with van der Waals surface area (Å²) < 4.78 is 11.0. The fourth-order valence-electron chi connectivity index (χ4n) is 2.28. The molecule has 5 heteroatoms. The zero-order valence-corrected chi connectivity index (χ0v) is 15.4. The minimum atomic E-state index is 0.662. The molecule has 136 valence electrons. The van der Waals surface area contributed by atoms with Crippen molar-refractivity contribution in [2.45, 2.75) is 46.3 Å². The Labute approximate surface area is 146 Å². The van der Waals surface area contributed by atoms with E-state index in [0.717, 1.165) is 58.1 Å². The van der Waals surface area contributed by atoms with E-state index in [9.17, 15) is 0 Å². The number of benzene rings is 1. The third kappa shape index (κ3) is 8.89. The largest absolute Gasteiger partial charge is 0.382 e. The third-order valence-corrected chi connectivity index (χ3v) is 3.61. The number of guanidine groups is 1. The van der Waals surface area contributed by atoms with E-state index < -0.39 is 0 Å². The average Bonchev–Trinajstić information content (AvgIpc) is 2.61. The van der Waals surface area contributed by atoms with Crippen LogP contribution in [0.4, 0.5) is 0 Å². The lowest BCUT2D eigenvalue weighted by atomic mass is 10.1. The summed E-state index contributed by atoms with van der Waals surface area (Å²) in [5, 5.41) is 6.71. The Balaban J connectivity index is 2.35. The normalized spacial score (nSPS) is 11.5. The van der Waals surface area contributed by atoms with Crippen molar-refractivity contribution in [3.63, 3.8) is 0 Å². The molecule has 0 saturated heterocycles. The third-order valence-electron chi connectivity index (χ3n) is 3.61. The second-order valence-corrected chi connectivity index (χ2v) is 5.58. The van der Waals surface area contributed by atoms with Crippen molar-refractivity contribution in [2.75, 3.05) is 33.4 Å². The molecule has 0 amide bonds. The maximum absolute atomic E-state index is 5.67. The molecule has 0 atom stereocenters. The predicted octanol–water partition coefficient (Wildman–Crippen LogP) is 3.09. The van der Waals surface area contributed by atoms with Crippen molar-refractivity contribution in [3.05, 3.63) is 35.4 Å². The van der Waals surface area contributed by atoms with Crippen LogP contribution in [0.25, 0.3) is 0 Å². The summed E-state index contributed by atoms with van der Waals surface area (Å²) in [6, 6.07) is 8.37. The molecule has 0 aliphatic rings. The minimum absolute atomic E-state index is 0.662. The Morgan fingerprint density at radius 2 is 1.79 bits per heavy atom. The molecule has 0 aliphatic heterocycles. The van der Waals surface area contributed by atoms with Gasteiger partial charge in [-0.2, -0.15) is 0 Å². The van der Waals surface area contributed by atoms with Crippen molar-refractivity contribution in [1.29, 1.82) is 0 Å². The molecular formula is C19H33N3O2. The summed E-state index contributed by atoms with van der Waals surface area (Å²) in [5.41, 5.74) is 2.47. The highest BCUT2D eigenvalue weighted by atomic mass is 16.5. The van der Waals surface area contributed by atoms with Gasteiger partial charge in [0.1, 0.15) is 0 Å². The summed E-state index contributed by atoms with van der Waals surface area (Å²) in [7, 11) is 1.80. The van der Waals surface area contributed by atoms with Crippen LogP contribution in [-0.4, -0.2) is 39.4 Å². The Morgan fingerprint density at radius 1 is 1.00 bits per heavy atom. The fraction of sp³-hybridized carbons (Fsp3) is 0.632. The van der Waals surface area contributed by atoms with Crippen LogP contribution < -0.4 is 10.6 Å². The maximum Gasteiger partial charge on any atom is 0.191 e. The van der Waals surface area contributed by atoms with E-state index in [2.05, 4.69) is 46.8 Å². The minimum Gasteiger partial charge on any atom is -0.382 e. The molecule has 0 aromatic heterocycles. The number of unbranched alkanes of at least 4 members (excludes halogenated alkanes) is 1. The van der Waals surface area contributed by atoms with Crippen LogP contribution in [0.15, 0.2) is 29.3 Å². The number of rotatable bonds is 12. The van der Waals surface area contributed by atoms with Crippen LogP contribution in [0.5, 0.6) is 0 Å². The second kappa shape index (κ2) is 13.8. The highest BCUT2D eigenvalue weighted by Gasteiger charge is 2.03. The molecule has 0 heterocycles. The van der Waals surface area contributed by atoms with Gasteiger partial charge in [0.05, 0.1) is 6.61 Å². The Hall–Kier alpha value is -1.59. The fourth-order valence-corrected chi connectivity index (χ4v) is 2.28. The first-order valence-electron chi connectivity index (χ1n) is 8.98. The van der Waals surface area contributed by atoms with E-state index in [1.54, 1.807) is 7.05 Å². The van der Waals surface area contributed by atoms with Crippen LogP contribution in [0.2, 0.25) is 0 Å². The summed E-state index contributed by atoms with van der Waals surface area (Å²) >= 11 is 0. The molecule has 0 bridgehead atoms. The van der Waals surface area contributed by atoms with E-state index in [-0.39, 0.29) is 0 Å². The van der Waals surface area contributed by atoms with Crippen LogP contribution >= 0.6 is 0 Å². The van der Waals surface area contributed by atoms with E-state index >= 15 is 0 Å². The number of nitrogens with one attached hydrogen (secondary N) is 2. The molecule has 1 aromatic carbocycles. The molecule has 0 fully saturated rings. The molecule has 24 heavy (non-hydrogen) atoms. The topological polar surface area (TPSA) is 54.9 Å². The summed E-state index contributed by atoms with van der Waals surface area (Å²) in [4.78, 5) is 4.27. The first-order chi connectivity index (χ1) is 11.8. The van der Waals surface area contributed by atoms with Gasteiger partial charge in [-0.25, -0.2) is 0 Å². The molecule has 0 unspecified atom stereocenters. The van der Waals surface area contributed by atoms with Crippen molar-refractivity contribution >= 4 is 5.96 Å². The molecule has 5 nitrogen and oxygen atoms in total. The number of hydrogen-bond acceptors (Lipinski definition) is 3. The molecule has 0 spiro atoms. The smallest absolute Gasteiger partial charge is 0.191 e. The maximum atomic E-state index is 5.67. The summed E-state index contributed by atoms with van der Waals surface area (Å²) in [6.45, 7) is 8.86. The standard InChI is InChI=1S/C19H33N3O2/c1-4-13-24-16-18-11-7-6-10-17(18)15-22-19(20-3)21-12-8-9-14-23-5-2/h6-7,10-11H,4-5,8-9,12-16H2,1-3H3,(H2,20,21,22). The van der Waals surface area contributed by atoms with Gasteiger partial charge < -0.3 is 20.1 Å². The molecule has 0 saturated carbocycles. The Morgan fingerprint density at radius 3 is 2.50 bits per heavy atom. The number of nitrogens with zero attached hydrogens (tertiary/aromatic N) is 1. The van der Waals surface area contributed by atoms with Crippen molar-refractivity contribution in [2.24, 2.45) is 4.99 Å². The summed E-state index contributed by atoms with van der Waals surface area (Å²) in [6.07, 6.45) is 3.18. The lowest BCUT2D eigenvalue weighted by Crippen LogP contribution is -2.37. The molecule has 0 radical (unpaired) electrons. The van der Waals surface area contributed by atoms with Gasteiger partial charge in [-0.05, 0) is 37.3 Å². The first-order valence-corrected chi connectivity index (χ1v) is 8.98. The van der Waals surface area contributed by atoms with Crippen molar-refractivity contribution in [3.8, 4) is 0 Å². The molecule has 1 rings (SSSR count). The Bertz CT molecular complexity index is 464. The molecule has 0 aliphatic carbocycles. The van der Waals surface area contributed by atoms with Crippen LogP contribution in [-0.2, 0) is 22.6 Å². The second-order valence-electron chi connectivity index (χ2n) is 5.58. The lowest BCUT2D eigenvalue weighted by molar-refractivity contribution is 0.121. The van der Waals surface area contributed by atoms with Crippen molar-refractivity contribution in [1.82, 2.24) is 10.6 Å². The van der Waals surface area contributed by atoms with Gasteiger partial charge in [-0.3, -0.25) is 4.99 Å². The number of hydrogen-bond donors (Lipinski definition) is 2. The number of aliphatic imine (C=N–C) groups is 1. The highest BCUT2D eigenvalue weighted by Crippen LogP contribution is 2.10. The van der Waals surface area contributed by atoms with Gasteiger partial charge in [0.2, 0.25) is 0 Å². The van der Waals surface area contributed by atoms with Gasteiger partial charge in [0.25, 0.3) is 0 Å². The zero-order valence-electron chi connectivity index (χ0n) is 15.4. The van der Waals surface area contributed by atoms with Gasteiger partial charge in [0.15, 0.2) is 5.96 Å². The van der Waals surface area contributed by atoms with Crippen molar-refractivity contribution < 1.29 is 9.47 Å². The van der Waals surface area contributed by atoms with Gasteiger partial charge in [-0.15, -0.1) is 0 Å². The summed E-state index contributed by atoms with van der Waals surface area (Å²) in [5.74, 6) is 0.829. The van der Waals surface area contributed by atoms with Crippen LogP contribution in [0.1, 0.15) is 44.2 Å². The van der Waals surface area contributed by atoms with Crippen LogP contribution in [0, 0.1) is 0 Å². The van der Waals surface area contributed by atoms with Crippen LogP contribution in [0.3, 0.4) is 0 Å². The Kier molecular flexibility index (Phi) is 11.8. The van der Waals surface area contributed by atoms with E-state index in [1.807, 2.05) is 6.92 Å². The predicted molar refractivity (Wildman–Crippen MR) is 100 cm³/mol. The van der Waals surface area contributed by atoms with Gasteiger partial charge in [0, 0.05) is 40.0 Å². The van der Waals surface area contributed by atoms with E-state index in [4.69, 9.17) is 9.47 Å². The molecule has 1 aromatic rings. The molecule has 2 N–H and O–H groups in total. The van der Waals surface area contributed by atoms with E-state index in [1.165, 1.54) is 11.1 Å². The van der Waals surface area contributed by atoms with Gasteiger partial charge >= 0.3 is 0 Å². The first kappa shape index (κ1) is 20.5. The number of ether oxygens (including phenoxy) is 2. The zero-order chi connectivity index (χ0) is 17.5. The monoisotopic (exact) mass is 335 g/mol.